The second-order valence-corrected chi connectivity index (χ2v) is 6.23. The number of hydrogen-bond donors (Lipinski definition) is 2. The Balaban J connectivity index is 1.85. The molecule has 1 aliphatic carbocycles. The average molecular weight is 259 g/mol. The van der Waals surface area contributed by atoms with E-state index in [-0.39, 0.29) is 0 Å². The van der Waals surface area contributed by atoms with E-state index in [1.807, 2.05) is 0 Å². The van der Waals surface area contributed by atoms with Crippen LogP contribution in [0, 0.1) is 0 Å². The van der Waals surface area contributed by atoms with Crippen LogP contribution >= 0.6 is 22.9 Å². The van der Waals surface area contributed by atoms with E-state index in [1.165, 1.54) is 18.4 Å². The van der Waals surface area contributed by atoms with Gasteiger partial charge in [0.15, 0.2) is 0 Å². The average Bonchev–Trinajstić information content (AvgIpc) is 2.68. The molecule has 3 N–H and O–H groups in total. The van der Waals surface area contributed by atoms with Gasteiger partial charge in [-0.2, -0.15) is 0 Å². The number of halogens is 1. The molecule has 4 heteroatoms. The van der Waals surface area contributed by atoms with Gasteiger partial charge >= 0.3 is 0 Å². The minimum Gasteiger partial charge on any atom is -0.328 e. The zero-order valence-electron chi connectivity index (χ0n) is 9.58. The quantitative estimate of drug-likeness (QED) is 0.873. The fraction of sp³-hybridized carbons (Fsp3) is 0.667. The van der Waals surface area contributed by atoms with Gasteiger partial charge < -0.3 is 11.1 Å². The maximum absolute atomic E-state index is 5.94. The molecule has 1 heterocycles. The fourth-order valence-electron chi connectivity index (χ4n) is 2.29. The Labute approximate surface area is 106 Å². The van der Waals surface area contributed by atoms with Crippen LogP contribution in [-0.4, -0.2) is 12.1 Å². The number of rotatable bonds is 3. The molecule has 0 aromatic carbocycles. The summed E-state index contributed by atoms with van der Waals surface area (Å²) >= 11 is 7.54. The summed E-state index contributed by atoms with van der Waals surface area (Å²) in [5.74, 6) is 0. The SMILES string of the molecule is CC(NC1CCC(N)CC1)c1csc(Cl)c1. The van der Waals surface area contributed by atoms with E-state index in [1.54, 1.807) is 11.3 Å². The number of nitrogens with two attached hydrogens (primary N) is 1. The Morgan fingerprint density at radius 3 is 2.69 bits per heavy atom. The molecule has 2 nitrogen and oxygen atoms in total. The molecule has 1 fully saturated rings. The van der Waals surface area contributed by atoms with Crippen LogP contribution in [-0.2, 0) is 0 Å². The minimum atomic E-state index is 0.392. The lowest BCUT2D eigenvalue weighted by molar-refractivity contribution is 0.322. The second-order valence-electron chi connectivity index (χ2n) is 4.68. The van der Waals surface area contributed by atoms with E-state index in [4.69, 9.17) is 17.3 Å². The van der Waals surface area contributed by atoms with Gasteiger partial charge in [-0.15, -0.1) is 11.3 Å². The summed E-state index contributed by atoms with van der Waals surface area (Å²) in [5.41, 5.74) is 7.19. The highest BCUT2D eigenvalue weighted by atomic mass is 35.5. The van der Waals surface area contributed by atoms with Crippen molar-refractivity contribution in [3.8, 4) is 0 Å². The topological polar surface area (TPSA) is 38.0 Å². The first kappa shape index (κ1) is 12.4. The minimum absolute atomic E-state index is 0.392. The van der Waals surface area contributed by atoms with Gasteiger partial charge in [0.25, 0.3) is 0 Å². The molecule has 1 aromatic rings. The molecule has 0 saturated heterocycles. The molecule has 0 bridgehead atoms. The molecule has 2 rings (SSSR count). The fourth-order valence-corrected chi connectivity index (χ4v) is 3.27. The molecule has 0 aliphatic heterocycles. The summed E-state index contributed by atoms with van der Waals surface area (Å²) in [6.45, 7) is 2.20. The molecule has 1 atom stereocenters. The van der Waals surface area contributed by atoms with E-state index in [0.29, 0.717) is 18.1 Å². The molecule has 0 amide bonds. The van der Waals surface area contributed by atoms with Gasteiger partial charge in [-0.25, -0.2) is 0 Å². The van der Waals surface area contributed by atoms with Crippen LogP contribution in [0.2, 0.25) is 4.34 Å². The molecule has 1 unspecified atom stereocenters. The van der Waals surface area contributed by atoms with Crippen molar-refractivity contribution in [1.29, 1.82) is 0 Å². The third-order valence-corrected chi connectivity index (χ3v) is 4.45. The summed E-state index contributed by atoms with van der Waals surface area (Å²) in [6, 6.07) is 3.49. The first-order valence-electron chi connectivity index (χ1n) is 5.90. The van der Waals surface area contributed by atoms with E-state index in [0.717, 1.165) is 17.2 Å². The summed E-state index contributed by atoms with van der Waals surface area (Å²) in [6.07, 6.45) is 4.69. The second kappa shape index (κ2) is 5.50. The Bertz CT molecular complexity index is 332. The molecular weight excluding hydrogens is 240 g/mol. The highest BCUT2D eigenvalue weighted by Gasteiger charge is 2.20. The van der Waals surface area contributed by atoms with Gasteiger partial charge in [0.2, 0.25) is 0 Å². The van der Waals surface area contributed by atoms with Crippen molar-refractivity contribution in [2.24, 2.45) is 5.73 Å². The monoisotopic (exact) mass is 258 g/mol. The maximum atomic E-state index is 5.94. The first-order valence-corrected chi connectivity index (χ1v) is 7.16. The third kappa shape index (κ3) is 3.20. The van der Waals surface area contributed by atoms with E-state index in [9.17, 15) is 0 Å². The lowest BCUT2D eigenvalue weighted by Crippen LogP contribution is -2.38. The van der Waals surface area contributed by atoms with Crippen molar-refractivity contribution in [1.82, 2.24) is 5.32 Å². The van der Waals surface area contributed by atoms with Gasteiger partial charge in [0.05, 0.1) is 4.34 Å². The van der Waals surface area contributed by atoms with Crippen molar-refractivity contribution < 1.29 is 0 Å². The molecule has 0 radical (unpaired) electrons. The zero-order valence-corrected chi connectivity index (χ0v) is 11.2. The predicted octanol–water partition coefficient (Wildman–Crippen LogP) is 3.32. The van der Waals surface area contributed by atoms with Crippen LogP contribution in [0.5, 0.6) is 0 Å². The molecular formula is C12H19ClN2S. The largest absolute Gasteiger partial charge is 0.328 e. The summed E-state index contributed by atoms with van der Waals surface area (Å²) < 4.78 is 0.870. The van der Waals surface area contributed by atoms with Crippen molar-refractivity contribution in [2.75, 3.05) is 0 Å². The highest BCUT2D eigenvalue weighted by molar-refractivity contribution is 7.14. The zero-order chi connectivity index (χ0) is 11.5. The smallest absolute Gasteiger partial charge is 0.0931 e. The number of thiophene rings is 1. The van der Waals surface area contributed by atoms with E-state index >= 15 is 0 Å². The van der Waals surface area contributed by atoms with Crippen LogP contribution in [0.4, 0.5) is 0 Å². The van der Waals surface area contributed by atoms with Crippen molar-refractivity contribution in [3.63, 3.8) is 0 Å². The predicted molar refractivity (Wildman–Crippen MR) is 71.1 cm³/mol. The lowest BCUT2D eigenvalue weighted by Gasteiger charge is -2.29. The first-order chi connectivity index (χ1) is 7.65. The van der Waals surface area contributed by atoms with Gasteiger partial charge in [0, 0.05) is 18.1 Å². The maximum Gasteiger partial charge on any atom is 0.0931 e. The van der Waals surface area contributed by atoms with Gasteiger partial charge in [-0.05, 0) is 49.6 Å². The normalized spacial score (nSPS) is 27.9. The third-order valence-electron chi connectivity index (χ3n) is 3.35. The van der Waals surface area contributed by atoms with Crippen molar-refractivity contribution >= 4 is 22.9 Å². The Morgan fingerprint density at radius 2 is 2.12 bits per heavy atom. The molecule has 1 aliphatic rings. The van der Waals surface area contributed by atoms with E-state index < -0.39 is 0 Å². The standard InChI is InChI=1S/C12H19ClN2S/c1-8(9-6-12(13)16-7-9)15-11-4-2-10(14)3-5-11/h6-8,10-11,15H,2-5,14H2,1H3. The summed E-state index contributed by atoms with van der Waals surface area (Å²) in [7, 11) is 0. The van der Waals surface area contributed by atoms with E-state index in [2.05, 4.69) is 23.7 Å². The van der Waals surface area contributed by atoms with Crippen LogP contribution in [0.3, 0.4) is 0 Å². The number of hydrogen-bond acceptors (Lipinski definition) is 3. The molecule has 16 heavy (non-hydrogen) atoms. The Kier molecular flexibility index (Phi) is 4.25. The Hall–Kier alpha value is -0.0900. The lowest BCUT2D eigenvalue weighted by atomic mass is 9.91. The molecule has 1 saturated carbocycles. The van der Waals surface area contributed by atoms with Crippen LogP contribution in [0.1, 0.15) is 44.2 Å². The molecule has 0 spiro atoms. The van der Waals surface area contributed by atoms with Crippen LogP contribution < -0.4 is 11.1 Å². The van der Waals surface area contributed by atoms with Crippen LogP contribution in [0.15, 0.2) is 11.4 Å². The van der Waals surface area contributed by atoms with Crippen LogP contribution in [0.25, 0.3) is 0 Å². The Morgan fingerprint density at radius 1 is 1.44 bits per heavy atom. The van der Waals surface area contributed by atoms with Crippen molar-refractivity contribution in [2.45, 2.75) is 50.7 Å². The van der Waals surface area contributed by atoms with Gasteiger partial charge in [-0.3, -0.25) is 0 Å². The summed E-state index contributed by atoms with van der Waals surface area (Å²) in [5, 5.41) is 5.79. The molecule has 90 valence electrons. The van der Waals surface area contributed by atoms with Crippen molar-refractivity contribution in [3.05, 3.63) is 21.3 Å². The molecule has 1 aromatic heterocycles. The highest BCUT2D eigenvalue weighted by Crippen LogP contribution is 2.26. The summed E-state index contributed by atoms with van der Waals surface area (Å²) in [4.78, 5) is 0. The van der Waals surface area contributed by atoms with Gasteiger partial charge in [-0.1, -0.05) is 11.6 Å². The number of nitrogens with one attached hydrogen (secondary N) is 1. The van der Waals surface area contributed by atoms with Gasteiger partial charge in [0.1, 0.15) is 0 Å².